The molecule has 0 bridgehead atoms. The average Bonchev–Trinajstić information content (AvgIpc) is 3.05. The molecule has 3 rings (SSSR count). The minimum Gasteiger partial charge on any atom is -0.462 e. The normalized spacial score (nSPS) is 10.8. The van der Waals surface area contributed by atoms with E-state index < -0.39 is 0 Å². The first-order valence-electron chi connectivity index (χ1n) is 9.40. The Labute approximate surface area is 163 Å². The van der Waals surface area contributed by atoms with Crippen molar-refractivity contribution in [1.82, 2.24) is 5.16 Å². The summed E-state index contributed by atoms with van der Waals surface area (Å²) in [5.74, 6) is -0.557. The van der Waals surface area contributed by atoms with Crippen LogP contribution in [0.25, 0.3) is 11.0 Å². The van der Waals surface area contributed by atoms with E-state index in [0.29, 0.717) is 29.1 Å². The number of anilines is 1. The van der Waals surface area contributed by atoms with E-state index in [1.54, 1.807) is 24.3 Å². The third kappa shape index (κ3) is 4.57. The van der Waals surface area contributed by atoms with E-state index in [0.717, 1.165) is 29.4 Å². The Morgan fingerprint density at radius 2 is 1.89 bits per heavy atom. The molecule has 1 aromatic heterocycles. The van der Waals surface area contributed by atoms with Gasteiger partial charge in [0.15, 0.2) is 5.58 Å². The van der Waals surface area contributed by atoms with Crippen molar-refractivity contribution in [1.29, 1.82) is 0 Å². The molecule has 1 amide bonds. The molecular weight excluding hydrogens is 356 g/mol. The molecule has 0 aliphatic carbocycles. The zero-order chi connectivity index (χ0) is 20.1. The highest BCUT2D eigenvalue weighted by Gasteiger charge is 2.15. The van der Waals surface area contributed by atoms with Gasteiger partial charge in [0, 0.05) is 11.1 Å². The first kappa shape index (κ1) is 19.6. The number of esters is 1. The van der Waals surface area contributed by atoms with Crippen LogP contribution >= 0.6 is 0 Å². The molecule has 28 heavy (non-hydrogen) atoms. The second-order valence-corrected chi connectivity index (χ2v) is 6.88. The van der Waals surface area contributed by atoms with Crippen molar-refractivity contribution in [3.63, 3.8) is 0 Å². The van der Waals surface area contributed by atoms with Gasteiger partial charge in [-0.3, -0.25) is 4.79 Å². The molecule has 0 atom stereocenters. The van der Waals surface area contributed by atoms with Gasteiger partial charge in [0.1, 0.15) is 5.69 Å². The Hall–Kier alpha value is -3.15. The molecule has 1 heterocycles. The molecular formula is C22H24N2O4. The van der Waals surface area contributed by atoms with Gasteiger partial charge in [0.2, 0.25) is 5.91 Å². The number of hydrogen-bond acceptors (Lipinski definition) is 5. The van der Waals surface area contributed by atoms with Crippen molar-refractivity contribution >= 4 is 28.5 Å². The molecule has 3 aromatic rings. The largest absolute Gasteiger partial charge is 0.462 e. The van der Waals surface area contributed by atoms with Gasteiger partial charge >= 0.3 is 5.97 Å². The van der Waals surface area contributed by atoms with Gasteiger partial charge in [-0.05, 0) is 61.7 Å². The molecule has 0 radical (unpaired) electrons. The third-order valence-corrected chi connectivity index (χ3v) is 4.44. The van der Waals surface area contributed by atoms with Crippen LogP contribution in [-0.2, 0) is 16.0 Å². The van der Waals surface area contributed by atoms with E-state index in [4.69, 9.17) is 9.26 Å². The van der Waals surface area contributed by atoms with Crippen LogP contribution in [0.3, 0.4) is 0 Å². The fraction of sp³-hybridized carbons (Fsp3) is 0.318. The van der Waals surface area contributed by atoms with E-state index in [9.17, 15) is 9.59 Å². The van der Waals surface area contributed by atoms with Gasteiger partial charge in [-0.15, -0.1) is 0 Å². The summed E-state index contributed by atoms with van der Waals surface area (Å²) < 4.78 is 10.6. The lowest BCUT2D eigenvalue weighted by Gasteiger charge is -2.07. The number of rotatable bonds is 7. The summed E-state index contributed by atoms with van der Waals surface area (Å²) in [6.07, 6.45) is 1.92. The second-order valence-electron chi connectivity index (χ2n) is 6.88. The number of aromatic nitrogens is 1. The monoisotopic (exact) mass is 380 g/mol. The number of unbranched alkanes of at least 4 members (excludes halogenated alkanes) is 1. The molecule has 0 saturated carbocycles. The number of carbonyl (C=O) groups is 2. The van der Waals surface area contributed by atoms with Crippen molar-refractivity contribution in [2.45, 2.75) is 40.0 Å². The lowest BCUT2D eigenvalue weighted by molar-refractivity contribution is -0.115. The SMILES string of the molecule is CCCCOC(=O)c1ccc(NC(=O)Cc2noc3c(C)cc(C)cc23)cc1. The molecule has 0 fully saturated rings. The number of nitrogens with zero attached hydrogens (tertiary/aromatic N) is 1. The Balaban J connectivity index is 1.63. The van der Waals surface area contributed by atoms with Gasteiger partial charge in [-0.1, -0.05) is 24.6 Å². The fourth-order valence-electron chi connectivity index (χ4n) is 3.01. The first-order valence-corrected chi connectivity index (χ1v) is 9.40. The van der Waals surface area contributed by atoms with Crippen molar-refractivity contribution in [3.05, 3.63) is 58.8 Å². The summed E-state index contributed by atoms with van der Waals surface area (Å²) >= 11 is 0. The lowest BCUT2D eigenvalue weighted by atomic mass is 10.1. The molecule has 6 heteroatoms. The number of nitrogens with one attached hydrogen (secondary N) is 1. The number of carbonyl (C=O) groups excluding carboxylic acids is 2. The van der Waals surface area contributed by atoms with E-state index in [2.05, 4.69) is 10.5 Å². The van der Waals surface area contributed by atoms with Gasteiger partial charge in [0.05, 0.1) is 18.6 Å². The minimum absolute atomic E-state index is 0.108. The number of benzene rings is 2. The zero-order valence-electron chi connectivity index (χ0n) is 16.4. The van der Waals surface area contributed by atoms with Crippen LogP contribution in [0, 0.1) is 13.8 Å². The topological polar surface area (TPSA) is 81.4 Å². The van der Waals surface area contributed by atoms with Gasteiger partial charge in [0.25, 0.3) is 0 Å². The highest BCUT2D eigenvalue weighted by atomic mass is 16.5. The molecule has 0 unspecified atom stereocenters. The van der Waals surface area contributed by atoms with Crippen molar-refractivity contribution < 1.29 is 18.8 Å². The zero-order valence-corrected chi connectivity index (χ0v) is 16.4. The maximum atomic E-state index is 12.4. The predicted molar refractivity (Wildman–Crippen MR) is 107 cm³/mol. The number of ether oxygens (including phenoxy) is 1. The number of amides is 1. The lowest BCUT2D eigenvalue weighted by Crippen LogP contribution is -2.15. The third-order valence-electron chi connectivity index (χ3n) is 4.44. The van der Waals surface area contributed by atoms with E-state index >= 15 is 0 Å². The fourth-order valence-corrected chi connectivity index (χ4v) is 3.01. The van der Waals surface area contributed by atoms with Crippen LogP contribution in [0.15, 0.2) is 40.9 Å². The maximum Gasteiger partial charge on any atom is 0.338 e. The predicted octanol–water partition coefficient (Wildman–Crippen LogP) is 4.58. The summed E-state index contributed by atoms with van der Waals surface area (Å²) in [6.45, 7) is 6.41. The standard InChI is InChI=1S/C22H24N2O4/c1-4-5-10-27-22(26)16-6-8-17(9-7-16)23-20(25)13-19-18-12-14(2)11-15(3)21(18)28-24-19/h6-9,11-12H,4-5,10,13H2,1-3H3,(H,23,25). The van der Waals surface area contributed by atoms with Gasteiger partial charge < -0.3 is 14.6 Å². The molecule has 1 N–H and O–H groups in total. The van der Waals surface area contributed by atoms with Crippen molar-refractivity contribution in [2.75, 3.05) is 11.9 Å². The molecule has 146 valence electrons. The summed E-state index contributed by atoms with van der Waals surface area (Å²) in [5, 5.41) is 7.73. The molecule has 0 aliphatic heterocycles. The smallest absolute Gasteiger partial charge is 0.338 e. The Kier molecular flexibility index (Phi) is 6.09. The van der Waals surface area contributed by atoms with Crippen LogP contribution in [0.1, 0.15) is 46.9 Å². The summed E-state index contributed by atoms with van der Waals surface area (Å²) in [5.41, 5.74) is 4.47. The van der Waals surface area contributed by atoms with Crippen molar-refractivity contribution in [3.8, 4) is 0 Å². The van der Waals surface area contributed by atoms with Crippen molar-refractivity contribution in [2.24, 2.45) is 0 Å². The minimum atomic E-state index is -0.355. The molecule has 2 aromatic carbocycles. The van der Waals surface area contributed by atoms with Crippen LogP contribution in [0.4, 0.5) is 5.69 Å². The second kappa shape index (κ2) is 8.69. The highest BCUT2D eigenvalue weighted by molar-refractivity contribution is 5.96. The Bertz CT molecular complexity index is 990. The summed E-state index contributed by atoms with van der Waals surface area (Å²) in [7, 11) is 0. The number of hydrogen-bond donors (Lipinski definition) is 1. The van der Waals surface area contributed by atoms with Crippen LogP contribution in [0.5, 0.6) is 0 Å². The first-order chi connectivity index (χ1) is 13.5. The van der Waals surface area contributed by atoms with Gasteiger partial charge in [-0.2, -0.15) is 0 Å². The molecule has 0 spiro atoms. The van der Waals surface area contributed by atoms with E-state index in [-0.39, 0.29) is 18.3 Å². The van der Waals surface area contributed by atoms with Crippen LogP contribution in [-0.4, -0.2) is 23.6 Å². The van der Waals surface area contributed by atoms with Crippen LogP contribution < -0.4 is 5.32 Å². The molecule has 0 saturated heterocycles. The Morgan fingerprint density at radius 3 is 2.61 bits per heavy atom. The highest BCUT2D eigenvalue weighted by Crippen LogP contribution is 2.24. The van der Waals surface area contributed by atoms with Gasteiger partial charge in [-0.25, -0.2) is 4.79 Å². The van der Waals surface area contributed by atoms with Crippen LogP contribution in [0.2, 0.25) is 0 Å². The number of aryl methyl sites for hydroxylation is 2. The molecule has 0 aliphatic rings. The summed E-state index contributed by atoms with van der Waals surface area (Å²) in [4.78, 5) is 24.3. The molecule has 6 nitrogen and oxygen atoms in total. The van der Waals surface area contributed by atoms with E-state index in [1.807, 2.05) is 32.9 Å². The average molecular weight is 380 g/mol. The Morgan fingerprint density at radius 1 is 1.14 bits per heavy atom. The number of fused-ring (bicyclic) bond motifs is 1. The summed E-state index contributed by atoms with van der Waals surface area (Å²) in [6, 6.07) is 10.6. The van der Waals surface area contributed by atoms with E-state index in [1.165, 1.54) is 0 Å². The quantitative estimate of drug-likeness (QED) is 0.479. The maximum absolute atomic E-state index is 12.4.